The fraction of sp³-hybridized carbons (Fsp3) is 0.316. The van der Waals surface area contributed by atoms with Crippen LogP contribution in [0, 0.1) is 0 Å². The standard InChI is InChI=1S/C19H20BrNO2/c1-2-16-11-17-15(9-6-10-18(17)20)12-21(16)19(22)23-13-14-7-4-3-5-8-14/h3-10,16H,2,11-13H2,1H3. The SMILES string of the molecule is CCC1Cc2c(Br)cccc2CN1C(=O)OCc1ccccc1. The van der Waals surface area contributed by atoms with Crippen molar-refractivity contribution >= 4 is 22.0 Å². The van der Waals surface area contributed by atoms with Gasteiger partial charge in [0.25, 0.3) is 0 Å². The molecule has 1 unspecified atom stereocenters. The molecule has 0 spiro atoms. The van der Waals surface area contributed by atoms with E-state index >= 15 is 0 Å². The number of ether oxygens (including phenoxy) is 1. The van der Waals surface area contributed by atoms with E-state index in [9.17, 15) is 4.79 Å². The molecule has 0 bridgehead atoms. The molecule has 120 valence electrons. The van der Waals surface area contributed by atoms with Crippen molar-refractivity contribution in [3.05, 3.63) is 69.7 Å². The van der Waals surface area contributed by atoms with Gasteiger partial charge in [-0.15, -0.1) is 0 Å². The Bertz CT molecular complexity index is 687. The van der Waals surface area contributed by atoms with Crippen molar-refractivity contribution in [1.82, 2.24) is 4.90 Å². The Morgan fingerprint density at radius 2 is 2.00 bits per heavy atom. The summed E-state index contributed by atoms with van der Waals surface area (Å²) >= 11 is 3.62. The van der Waals surface area contributed by atoms with Gasteiger partial charge < -0.3 is 9.64 Å². The summed E-state index contributed by atoms with van der Waals surface area (Å²) in [5, 5.41) is 0. The average Bonchev–Trinajstić information content (AvgIpc) is 2.60. The Hall–Kier alpha value is -1.81. The number of halogens is 1. The molecule has 0 saturated heterocycles. The molecule has 1 aliphatic heterocycles. The Labute approximate surface area is 145 Å². The molecule has 1 atom stereocenters. The van der Waals surface area contributed by atoms with E-state index in [1.165, 1.54) is 11.1 Å². The van der Waals surface area contributed by atoms with Gasteiger partial charge in [-0.05, 0) is 35.6 Å². The lowest BCUT2D eigenvalue weighted by Crippen LogP contribution is -2.44. The summed E-state index contributed by atoms with van der Waals surface area (Å²) in [6, 6.07) is 16.1. The van der Waals surface area contributed by atoms with Gasteiger partial charge in [0.15, 0.2) is 0 Å². The summed E-state index contributed by atoms with van der Waals surface area (Å²) in [4.78, 5) is 14.4. The van der Waals surface area contributed by atoms with E-state index in [1.807, 2.05) is 41.3 Å². The molecule has 0 N–H and O–H groups in total. The van der Waals surface area contributed by atoms with Gasteiger partial charge in [0, 0.05) is 17.1 Å². The Morgan fingerprint density at radius 1 is 1.22 bits per heavy atom. The molecular formula is C19H20BrNO2. The maximum atomic E-state index is 12.5. The van der Waals surface area contributed by atoms with Crippen molar-refractivity contribution < 1.29 is 9.53 Å². The zero-order valence-corrected chi connectivity index (χ0v) is 14.8. The van der Waals surface area contributed by atoms with Crippen LogP contribution in [0.2, 0.25) is 0 Å². The smallest absolute Gasteiger partial charge is 0.410 e. The van der Waals surface area contributed by atoms with Gasteiger partial charge in [-0.1, -0.05) is 65.3 Å². The minimum absolute atomic E-state index is 0.185. The van der Waals surface area contributed by atoms with Crippen LogP contribution < -0.4 is 0 Å². The maximum Gasteiger partial charge on any atom is 0.410 e. The van der Waals surface area contributed by atoms with Crippen LogP contribution in [0.15, 0.2) is 53.0 Å². The van der Waals surface area contributed by atoms with Gasteiger partial charge in [-0.3, -0.25) is 0 Å². The lowest BCUT2D eigenvalue weighted by Gasteiger charge is -2.36. The van der Waals surface area contributed by atoms with Crippen molar-refractivity contribution in [3.8, 4) is 0 Å². The summed E-state index contributed by atoms with van der Waals surface area (Å²) in [5.74, 6) is 0. The number of nitrogens with zero attached hydrogens (tertiary/aromatic N) is 1. The molecule has 23 heavy (non-hydrogen) atoms. The third-order valence-corrected chi connectivity index (χ3v) is 5.09. The fourth-order valence-corrected chi connectivity index (χ4v) is 3.59. The third kappa shape index (κ3) is 3.58. The molecular weight excluding hydrogens is 354 g/mol. The van der Waals surface area contributed by atoms with E-state index in [2.05, 4.69) is 35.0 Å². The van der Waals surface area contributed by atoms with Gasteiger partial charge >= 0.3 is 6.09 Å². The summed E-state index contributed by atoms with van der Waals surface area (Å²) in [7, 11) is 0. The largest absolute Gasteiger partial charge is 0.445 e. The van der Waals surface area contributed by atoms with Crippen LogP contribution in [-0.4, -0.2) is 17.0 Å². The highest BCUT2D eigenvalue weighted by Crippen LogP contribution is 2.30. The van der Waals surface area contributed by atoms with E-state index in [1.54, 1.807) is 0 Å². The minimum atomic E-state index is -0.230. The number of benzene rings is 2. The highest BCUT2D eigenvalue weighted by Gasteiger charge is 2.30. The number of rotatable bonds is 3. The Kier molecular flexibility index (Phi) is 5.01. The molecule has 2 aromatic rings. The monoisotopic (exact) mass is 373 g/mol. The summed E-state index contributed by atoms with van der Waals surface area (Å²) in [6.45, 7) is 3.04. The average molecular weight is 374 g/mol. The normalized spacial score (nSPS) is 16.8. The molecule has 0 aromatic heterocycles. The van der Waals surface area contributed by atoms with Gasteiger partial charge in [-0.2, -0.15) is 0 Å². The summed E-state index contributed by atoms with van der Waals surface area (Å²) in [5.41, 5.74) is 3.52. The molecule has 0 radical (unpaired) electrons. The first kappa shape index (κ1) is 16.1. The van der Waals surface area contributed by atoms with Gasteiger partial charge in [0.1, 0.15) is 6.61 Å². The Balaban J connectivity index is 1.72. The number of amides is 1. The number of hydrogen-bond donors (Lipinski definition) is 0. The second-order valence-corrected chi connectivity index (χ2v) is 6.67. The molecule has 1 amide bonds. The molecule has 4 heteroatoms. The molecule has 0 aliphatic carbocycles. The van der Waals surface area contributed by atoms with Gasteiger partial charge in [-0.25, -0.2) is 4.79 Å². The van der Waals surface area contributed by atoms with E-state index in [-0.39, 0.29) is 12.1 Å². The lowest BCUT2D eigenvalue weighted by atomic mass is 9.93. The van der Waals surface area contributed by atoms with Crippen LogP contribution in [0.4, 0.5) is 4.79 Å². The predicted molar refractivity (Wildman–Crippen MR) is 94.1 cm³/mol. The zero-order valence-electron chi connectivity index (χ0n) is 13.2. The van der Waals surface area contributed by atoms with Crippen LogP contribution in [0.1, 0.15) is 30.0 Å². The van der Waals surface area contributed by atoms with Crippen molar-refractivity contribution in [3.63, 3.8) is 0 Å². The topological polar surface area (TPSA) is 29.5 Å². The van der Waals surface area contributed by atoms with Crippen LogP contribution in [0.25, 0.3) is 0 Å². The summed E-state index contributed by atoms with van der Waals surface area (Å²) < 4.78 is 6.65. The quantitative estimate of drug-likeness (QED) is 0.763. The minimum Gasteiger partial charge on any atom is -0.445 e. The highest BCUT2D eigenvalue weighted by atomic mass is 79.9. The first-order valence-corrected chi connectivity index (χ1v) is 8.72. The molecule has 2 aromatic carbocycles. The maximum absolute atomic E-state index is 12.5. The number of fused-ring (bicyclic) bond motifs is 1. The third-order valence-electron chi connectivity index (χ3n) is 4.35. The predicted octanol–water partition coefficient (Wildman–Crippen LogP) is 4.92. The highest BCUT2D eigenvalue weighted by molar-refractivity contribution is 9.10. The molecule has 3 nitrogen and oxygen atoms in total. The van der Waals surface area contributed by atoms with Crippen LogP contribution >= 0.6 is 15.9 Å². The van der Waals surface area contributed by atoms with Gasteiger partial charge in [0.2, 0.25) is 0 Å². The van der Waals surface area contributed by atoms with Crippen molar-refractivity contribution in [2.45, 2.75) is 39.0 Å². The molecule has 0 fully saturated rings. The van der Waals surface area contributed by atoms with Crippen LogP contribution in [0.5, 0.6) is 0 Å². The molecule has 0 saturated carbocycles. The fourth-order valence-electron chi connectivity index (χ4n) is 3.02. The van der Waals surface area contributed by atoms with E-state index in [0.717, 1.165) is 22.9 Å². The van der Waals surface area contributed by atoms with E-state index in [0.29, 0.717) is 13.2 Å². The van der Waals surface area contributed by atoms with E-state index < -0.39 is 0 Å². The van der Waals surface area contributed by atoms with Gasteiger partial charge in [0.05, 0.1) is 0 Å². The van der Waals surface area contributed by atoms with E-state index in [4.69, 9.17) is 4.74 Å². The number of carbonyl (C=O) groups excluding carboxylic acids is 1. The number of carbonyl (C=O) groups is 1. The molecule has 3 rings (SSSR count). The Morgan fingerprint density at radius 3 is 2.74 bits per heavy atom. The molecule has 1 aliphatic rings. The first-order valence-electron chi connectivity index (χ1n) is 7.92. The van der Waals surface area contributed by atoms with Crippen LogP contribution in [-0.2, 0) is 24.3 Å². The van der Waals surface area contributed by atoms with Crippen molar-refractivity contribution in [2.75, 3.05) is 0 Å². The van der Waals surface area contributed by atoms with Crippen LogP contribution in [0.3, 0.4) is 0 Å². The first-order chi connectivity index (χ1) is 11.2. The summed E-state index contributed by atoms with van der Waals surface area (Å²) in [6.07, 6.45) is 1.56. The van der Waals surface area contributed by atoms with Crippen molar-refractivity contribution in [1.29, 1.82) is 0 Å². The van der Waals surface area contributed by atoms with Crippen molar-refractivity contribution in [2.24, 2.45) is 0 Å². The second-order valence-electron chi connectivity index (χ2n) is 5.81. The lowest BCUT2D eigenvalue weighted by molar-refractivity contribution is 0.0721. The second kappa shape index (κ2) is 7.18. The number of hydrogen-bond acceptors (Lipinski definition) is 2. The zero-order chi connectivity index (χ0) is 16.2. The molecule has 1 heterocycles.